The molecule has 20 heavy (non-hydrogen) atoms. The minimum absolute atomic E-state index is 0.191. The normalized spacial score (nSPS) is 18.3. The molecule has 0 saturated carbocycles. The van der Waals surface area contributed by atoms with E-state index in [2.05, 4.69) is 6.92 Å². The van der Waals surface area contributed by atoms with Gasteiger partial charge in [0.1, 0.15) is 0 Å². The van der Waals surface area contributed by atoms with Crippen LogP contribution in [0.4, 0.5) is 13.2 Å². The second kappa shape index (κ2) is 5.12. The Balaban J connectivity index is 2.13. The molecule has 1 aliphatic carbocycles. The van der Waals surface area contributed by atoms with E-state index in [-0.39, 0.29) is 5.39 Å². The summed E-state index contributed by atoms with van der Waals surface area (Å²) in [4.78, 5) is 0. The van der Waals surface area contributed by atoms with Crippen LogP contribution in [-0.4, -0.2) is 0 Å². The molecule has 0 amide bonds. The van der Waals surface area contributed by atoms with Crippen molar-refractivity contribution in [3.63, 3.8) is 0 Å². The van der Waals surface area contributed by atoms with Crippen LogP contribution < -0.4 is 0 Å². The second-order valence-electron chi connectivity index (χ2n) is 5.68. The molecule has 2 aromatic rings. The van der Waals surface area contributed by atoms with Gasteiger partial charge < -0.3 is 0 Å². The van der Waals surface area contributed by atoms with Crippen molar-refractivity contribution < 1.29 is 13.2 Å². The van der Waals surface area contributed by atoms with E-state index in [0.717, 1.165) is 42.9 Å². The van der Waals surface area contributed by atoms with E-state index in [1.165, 1.54) is 6.42 Å². The van der Waals surface area contributed by atoms with Gasteiger partial charge in [0.05, 0.1) is 0 Å². The molecular formula is C17H17F3. The molecule has 0 N–H and O–H groups in total. The van der Waals surface area contributed by atoms with Crippen LogP contribution >= 0.6 is 0 Å². The molecular weight excluding hydrogens is 261 g/mol. The topological polar surface area (TPSA) is 0 Å². The number of hydrogen-bond donors (Lipinski definition) is 0. The average molecular weight is 278 g/mol. The number of benzene rings is 2. The van der Waals surface area contributed by atoms with E-state index in [9.17, 15) is 13.2 Å². The highest BCUT2D eigenvalue weighted by atomic mass is 19.2. The minimum Gasteiger partial charge on any atom is -0.204 e. The van der Waals surface area contributed by atoms with Crippen molar-refractivity contribution in [3.05, 3.63) is 46.8 Å². The van der Waals surface area contributed by atoms with Crippen LogP contribution in [0.25, 0.3) is 10.8 Å². The fraction of sp³-hybridized carbons (Fsp3) is 0.412. The highest BCUT2D eigenvalue weighted by Gasteiger charge is 2.22. The largest absolute Gasteiger partial charge is 0.204 e. The van der Waals surface area contributed by atoms with Gasteiger partial charge >= 0.3 is 0 Å². The van der Waals surface area contributed by atoms with Crippen molar-refractivity contribution in [2.45, 2.75) is 39.0 Å². The van der Waals surface area contributed by atoms with Gasteiger partial charge in [0.15, 0.2) is 17.5 Å². The Hall–Kier alpha value is -1.51. The molecule has 0 aliphatic heterocycles. The van der Waals surface area contributed by atoms with Gasteiger partial charge in [-0.2, -0.15) is 0 Å². The monoisotopic (exact) mass is 278 g/mol. The Kier molecular flexibility index (Phi) is 3.45. The van der Waals surface area contributed by atoms with E-state index in [4.69, 9.17) is 0 Å². The Morgan fingerprint density at radius 1 is 1.10 bits per heavy atom. The molecule has 3 rings (SSSR count). The SMILES string of the molecule is CCCC1CCc2c(ccc3c(F)c(F)c(F)cc23)C1. The molecule has 0 spiro atoms. The predicted molar refractivity (Wildman–Crippen MR) is 74.2 cm³/mol. The average Bonchev–Trinajstić information content (AvgIpc) is 2.45. The number of aryl methyl sites for hydroxylation is 1. The number of rotatable bonds is 2. The summed E-state index contributed by atoms with van der Waals surface area (Å²) in [7, 11) is 0. The van der Waals surface area contributed by atoms with Crippen molar-refractivity contribution in [1.82, 2.24) is 0 Å². The molecule has 0 nitrogen and oxygen atoms in total. The van der Waals surface area contributed by atoms with Gasteiger partial charge in [0, 0.05) is 5.39 Å². The maximum Gasteiger partial charge on any atom is 0.195 e. The van der Waals surface area contributed by atoms with Gasteiger partial charge in [0.25, 0.3) is 0 Å². The number of fused-ring (bicyclic) bond motifs is 3. The summed E-state index contributed by atoms with van der Waals surface area (Å²) < 4.78 is 40.6. The van der Waals surface area contributed by atoms with Crippen molar-refractivity contribution in [2.75, 3.05) is 0 Å². The van der Waals surface area contributed by atoms with Crippen LogP contribution in [0.3, 0.4) is 0 Å². The van der Waals surface area contributed by atoms with Crippen LogP contribution in [0.1, 0.15) is 37.3 Å². The maximum atomic E-state index is 13.8. The van der Waals surface area contributed by atoms with E-state index in [1.807, 2.05) is 6.07 Å². The molecule has 0 saturated heterocycles. The first-order chi connectivity index (χ1) is 9.61. The summed E-state index contributed by atoms with van der Waals surface area (Å²) in [5, 5.41) is 0.727. The van der Waals surface area contributed by atoms with Crippen LogP contribution in [0.15, 0.2) is 18.2 Å². The molecule has 3 heteroatoms. The first-order valence-electron chi connectivity index (χ1n) is 7.19. The highest BCUT2D eigenvalue weighted by Crippen LogP contribution is 2.35. The third kappa shape index (κ3) is 2.09. The van der Waals surface area contributed by atoms with Crippen molar-refractivity contribution in [3.8, 4) is 0 Å². The Labute approximate surface area is 116 Å². The fourth-order valence-corrected chi connectivity index (χ4v) is 3.38. The first kappa shape index (κ1) is 13.5. The zero-order valence-electron chi connectivity index (χ0n) is 11.5. The molecule has 2 aromatic carbocycles. The Bertz CT molecular complexity index is 661. The lowest BCUT2D eigenvalue weighted by Gasteiger charge is -2.25. The zero-order valence-corrected chi connectivity index (χ0v) is 11.5. The van der Waals surface area contributed by atoms with Gasteiger partial charge in [-0.15, -0.1) is 0 Å². The summed E-state index contributed by atoms with van der Waals surface area (Å²) >= 11 is 0. The van der Waals surface area contributed by atoms with E-state index in [1.54, 1.807) is 6.07 Å². The summed E-state index contributed by atoms with van der Waals surface area (Å²) in [5.41, 5.74) is 2.15. The maximum absolute atomic E-state index is 13.8. The van der Waals surface area contributed by atoms with Gasteiger partial charge in [-0.25, -0.2) is 13.2 Å². The van der Waals surface area contributed by atoms with E-state index in [0.29, 0.717) is 11.3 Å². The Morgan fingerprint density at radius 2 is 1.90 bits per heavy atom. The predicted octanol–water partition coefficient (Wildman–Crippen LogP) is 5.16. The minimum atomic E-state index is -1.38. The van der Waals surface area contributed by atoms with E-state index >= 15 is 0 Å². The molecule has 0 fully saturated rings. The van der Waals surface area contributed by atoms with Gasteiger partial charge in [-0.05, 0) is 47.8 Å². The van der Waals surface area contributed by atoms with Gasteiger partial charge in [-0.3, -0.25) is 0 Å². The standard InChI is InChI=1S/C17H17F3/c1-2-3-10-4-6-12-11(8-10)5-7-13-14(12)9-15(18)17(20)16(13)19/h5,7,9-10H,2-4,6,8H2,1H3. The summed E-state index contributed by atoms with van der Waals surface area (Å²) in [6.07, 6.45) is 5.16. The summed E-state index contributed by atoms with van der Waals surface area (Å²) in [5.74, 6) is -2.89. The van der Waals surface area contributed by atoms with E-state index < -0.39 is 17.5 Å². The van der Waals surface area contributed by atoms with Crippen LogP contribution in [0, 0.1) is 23.4 Å². The molecule has 1 aliphatic rings. The quantitative estimate of drug-likeness (QED) is 0.665. The molecule has 1 atom stereocenters. The number of hydrogen-bond acceptors (Lipinski definition) is 0. The first-order valence-corrected chi connectivity index (χ1v) is 7.19. The number of halogens is 3. The summed E-state index contributed by atoms with van der Waals surface area (Å²) in [6.45, 7) is 2.17. The van der Waals surface area contributed by atoms with Gasteiger partial charge in [-0.1, -0.05) is 31.9 Å². The highest BCUT2D eigenvalue weighted by molar-refractivity contribution is 5.87. The lowest BCUT2D eigenvalue weighted by Crippen LogP contribution is -2.14. The van der Waals surface area contributed by atoms with Crippen LogP contribution in [0.2, 0.25) is 0 Å². The molecule has 106 valence electrons. The van der Waals surface area contributed by atoms with Crippen LogP contribution in [0.5, 0.6) is 0 Å². The molecule has 0 aromatic heterocycles. The van der Waals surface area contributed by atoms with Gasteiger partial charge in [0.2, 0.25) is 0 Å². The van der Waals surface area contributed by atoms with Crippen molar-refractivity contribution >= 4 is 10.8 Å². The molecule has 0 radical (unpaired) electrons. The lowest BCUT2D eigenvalue weighted by molar-refractivity contribution is 0.423. The summed E-state index contributed by atoms with van der Waals surface area (Å²) in [6, 6.07) is 4.60. The fourth-order valence-electron chi connectivity index (χ4n) is 3.38. The lowest BCUT2D eigenvalue weighted by atomic mass is 9.80. The Morgan fingerprint density at radius 3 is 2.65 bits per heavy atom. The van der Waals surface area contributed by atoms with Crippen LogP contribution in [-0.2, 0) is 12.8 Å². The molecule has 0 bridgehead atoms. The third-order valence-electron chi connectivity index (χ3n) is 4.37. The zero-order chi connectivity index (χ0) is 14.3. The molecule has 0 heterocycles. The smallest absolute Gasteiger partial charge is 0.195 e. The van der Waals surface area contributed by atoms with Crippen molar-refractivity contribution in [2.24, 2.45) is 5.92 Å². The third-order valence-corrected chi connectivity index (χ3v) is 4.37. The van der Waals surface area contributed by atoms with Crippen molar-refractivity contribution in [1.29, 1.82) is 0 Å². The second-order valence-corrected chi connectivity index (χ2v) is 5.68. The molecule has 1 unspecified atom stereocenters.